The number of pyridine rings is 1. The summed E-state index contributed by atoms with van der Waals surface area (Å²) in [7, 11) is 0. The normalized spacial score (nSPS) is 10.7. The van der Waals surface area contributed by atoms with Gasteiger partial charge < -0.3 is 10.1 Å². The lowest BCUT2D eigenvalue weighted by Crippen LogP contribution is -2.17. The van der Waals surface area contributed by atoms with Gasteiger partial charge in [0, 0.05) is 23.0 Å². The summed E-state index contributed by atoms with van der Waals surface area (Å²) in [5, 5.41) is 3.34. The van der Waals surface area contributed by atoms with E-state index in [4.69, 9.17) is 4.74 Å². The van der Waals surface area contributed by atoms with Crippen molar-refractivity contribution in [2.75, 3.05) is 25.4 Å². The quantitative estimate of drug-likeness (QED) is 0.449. The summed E-state index contributed by atoms with van der Waals surface area (Å²) in [6, 6.07) is 1.94. The minimum absolute atomic E-state index is 0.665. The van der Waals surface area contributed by atoms with Crippen LogP contribution >= 0.6 is 44.5 Å². The van der Waals surface area contributed by atoms with E-state index in [-0.39, 0.29) is 0 Å². The molecule has 0 aromatic carbocycles. The predicted molar refractivity (Wildman–Crippen MR) is 90.3 cm³/mol. The van der Waals surface area contributed by atoms with Gasteiger partial charge in [-0.3, -0.25) is 0 Å². The van der Waals surface area contributed by atoms with Crippen LogP contribution in [-0.2, 0) is 0 Å². The van der Waals surface area contributed by atoms with Crippen LogP contribution in [-0.4, -0.2) is 30.4 Å². The third-order valence-corrected chi connectivity index (χ3v) is 3.77. The van der Waals surface area contributed by atoms with Gasteiger partial charge in [0.15, 0.2) is 0 Å². The maximum absolute atomic E-state index is 5.63. The molecular weight excluding hydrogens is 392 g/mol. The third-order valence-electron chi connectivity index (χ3n) is 2.55. The Labute approximate surface area is 137 Å². The van der Waals surface area contributed by atoms with Crippen LogP contribution in [0, 0.1) is 0 Å². The van der Waals surface area contributed by atoms with Crippen molar-refractivity contribution in [2.24, 2.45) is 0 Å². The Hall–Kier alpha value is 0.220. The van der Waals surface area contributed by atoms with Crippen molar-refractivity contribution < 1.29 is 4.74 Å². The van der Waals surface area contributed by atoms with Gasteiger partial charge in [-0.25, -0.2) is 4.98 Å². The SMILES string of the molecule is SCCNCCCCCCOc1ncc(Br)cc1Br. The molecule has 0 atom stereocenters. The van der Waals surface area contributed by atoms with Gasteiger partial charge in [-0.05, 0) is 57.3 Å². The number of ether oxygens (including phenoxy) is 1. The average Bonchev–Trinajstić information content (AvgIpc) is 2.39. The summed E-state index contributed by atoms with van der Waals surface area (Å²) in [6.45, 7) is 2.80. The van der Waals surface area contributed by atoms with E-state index in [9.17, 15) is 0 Å². The zero-order valence-corrected chi connectivity index (χ0v) is 14.9. The molecule has 1 aromatic heterocycles. The summed E-state index contributed by atoms with van der Waals surface area (Å²) < 4.78 is 7.46. The molecule has 108 valence electrons. The van der Waals surface area contributed by atoms with Crippen molar-refractivity contribution in [3.63, 3.8) is 0 Å². The van der Waals surface area contributed by atoms with E-state index < -0.39 is 0 Å². The molecular formula is C13H20Br2N2OS. The van der Waals surface area contributed by atoms with Gasteiger partial charge in [-0.1, -0.05) is 12.8 Å². The number of unbranched alkanes of at least 4 members (excludes halogenated alkanes) is 3. The van der Waals surface area contributed by atoms with Crippen LogP contribution in [0.1, 0.15) is 25.7 Å². The Kier molecular flexibility index (Phi) is 9.95. The number of aromatic nitrogens is 1. The van der Waals surface area contributed by atoms with E-state index in [0.29, 0.717) is 5.88 Å². The van der Waals surface area contributed by atoms with Crippen molar-refractivity contribution in [3.8, 4) is 5.88 Å². The first-order valence-electron chi connectivity index (χ1n) is 6.49. The molecule has 19 heavy (non-hydrogen) atoms. The molecule has 0 bridgehead atoms. The zero-order chi connectivity index (χ0) is 13.9. The summed E-state index contributed by atoms with van der Waals surface area (Å²) in [6.07, 6.45) is 6.45. The molecule has 1 rings (SSSR count). The molecule has 0 saturated carbocycles. The average molecular weight is 412 g/mol. The summed E-state index contributed by atoms with van der Waals surface area (Å²) >= 11 is 10.9. The Morgan fingerprint density at radius 2 is 1.95 bits per heavy atom. The Bertz CT molecular complexity index is 366. The summed E-state index contributed by atoms with van der Waals surface area (Å²) in [5.74, 6) is 1.57. The van der Waals surface area contributed by atoms with Gasteiger partial charge in [-0.15, -0.1) is 0 Å². The van der Waals surface area contributed by atoms with Crippen LogP contribution in [0.2, 0.25) is 0 Å². The molecule has 1 aromatic rings. The minimum atomic E-state index is 0.665. The molecule has 0 fully saturated rings. The van der Waals surface area contributed by atoms with Crippen LogP contribution in [0.25, 0.3) is 0 Å². The highest BCUT2D eigenvalue weighted by Crippen LogP contribution is 2.25. The van der Waals surface area contributed by atoms with Crippen molar-refractivity contribution in [1.82, 2.24) is 10.3 Å². The van der Waals surface area contributed by atoms with Gasteiger partial charge in [-0.2, -0.15) is 12.6 Å². The topological polar surface area (TPSA) is 34.1 Å². The molecule has 0 radical (unpaired) electrons. The molecule has 0 amide bonds. The van der Waals surface area contributed by atoms with Crippen molar-refractivity contribution in [2.45, 2.75) is 25.7 Å². The third kappa shape index (κ3) is 8.17. The second-order valence-corrected chi connectivity index (χ2v) is 6.39. The van der Waals surface area contributed by atoms with Crippen LogP contribution in [0.3, 0.4) is 0 Å². The molecule has 1 N–H and O–H groups in total. The predicted octanol–water partition coefficient (Wildman–Crippen LogP) is 4.07. The van der Waals surface area contributed by atoms with E-state index in [1.165, 1.54) is 19.3 Å². The van der Waals surface area contributed by atoms with Gasteiger partial charge >= 0.3 is 0 Å². The molecule has 0 spiro atoms. The number of nitrogens with one attached hydrogen (secondary N) is 1. The van der Waals surface area contributed by atoms with E-state index >= 15 is 0 Å². The largest absolute Gasteiger partial charge is 0.477 e. The van der Waals surface area contributed by atoms with Crippen molar-refractivity contribution >= 4 is 44.5 Å². The van der Waals surface area contributed by atoms with Gasteiger partial charge in [0.1, 0.15) is 0 Å². The number of thiol groups is 1. The van der Waals surface area contributed by atoms with Crippen LogP contribution in [0.4, 0.5) is 0 Å². The van der Waals surface area contributed by atoms with Gasteiger partial charge in [0.2, 0.25) is 5.88 Å². The van der Waals surface area contributed by atoms with Crippen LogP contribution < -0.4 is 10.1 Å². The summed E-state index contributed by atoms with van der Waals surface area (Å²) in [5.41, 5.74) is 0. The fourth-order valence-corrected chi connectivity index (χ4v) is 2.85. The Balaban J connectivity index is 2.01. The van der Waals surface area contributed by atoms with E-state index in [1.807, 2.05) is 6.07 Å². The molecule has 1 heterocycles. The molecule has 6 heteroatoms. The van der Waals surface area contributed by atoms with Crippen molar-refractivity contribution in [1.29, 1.82) is 0 Å². The van der Waals surface area contributed by atoms with Crippen LogP contribution in [0.5, 0.6) is 5.88 Å². The number of halogens is 2. The minimum Gasteiger partial charge on any atom is -0.477 e. The molecule has 0 aliphatic carbocycles. The van der Waals surface area contributed by atoms with Gasteiger partial charge in [0.25, 0.3) is 0 Å². The van der Waals surface area contributed by atoms with Gasteiger partial charge in [0.05, 0.1) is 11.1 Å². The standard InChI is InChI=1S/C13H20Br2N2OS/c14-11-9-12(15)13(17-10-11)18-7-4-2-1-3-5-16-6-8-19/h9-10,16,19H,1-8H2. The lowest BCUT2D eigenvalue weighted by molar-refractivity contribution is 0.291. The number of rotatable bonds is 10. The van der Waals surface area contributed by atoms with E-state index in [1.54, 1.807) is 6.20 Å². The molecule has 0 saturated heterocycles. The maximum Gasteiger partial charge on any atom is 0.228 e. The van der Waals surface area contributed by atoms with E-state index in [0.717, 1.165) is 40.8 Å². The Morgan fingerprint density at radius 1 is 1.16 bits per heavy atom. The second-order valence-electron chi connectivity index (χ2n) is 4.18. The second kappa shape index (κ2) is 10.9. The zero-order valence-electron chi connectivity index (χ0n) is 10.9. The molecule has 0 unspecified atom stereocenters. The number of hydrogen-bond donors (Lipinski definition) is 2. The maximum atomic E-state index is 5.63. The highest BCUT2D eigenvalue weighted by Gasteiger charge is 2.02. The molecule has 3 nitrogen and oxygen atoms in total. The number of hydrogen-bond acceptors (Lipinski definition) is 4. The first-order valence-corrected chi connectivity index (χ1v) is 8.71. The smallest absolute Gasteiger partial charge is 0.228 e. The fourth-order valence-electron chi connectivity index (χ4n) is 1.59. The molecule has 0 aliphatic heterocycles. The first kappa shape index (κ1) is 17.3. The fraction of sp³-hybridized carbons (Fsp3) is 0.615. The lowest BCUT2D eigenvalue weighted by Gasteiger charge is -2.07. The Morgan fingerprint density at radius 3 is 2.68 bits per heavy atom. The lowest BCUT2D eigenvalue weighted by atomic mass is 10.2. The number of nitrogens with zero attached hydrogens (tertiary/aromatic N) is 1. The first-order chi connectivity index (χ1) is 9.24. The highest BCUT2D eigenvalue weighted by atomic mass is 79.9. The van der Waals surface area contributed by atoms with E-state index in [2.05, 4.69) is 54.8 Å². The van der Waals surface area contributed by atoms with Crippen molar-refractivity contribution in [3.05, 3.63) is 21.2 Å². The highest BCUT2D eigenvalue weighted by molar-refractivity contribution is 9.11. The summed E-state index contributed by atoms with van der Waals surface area (Å²) in [4.78, 5) is 4.21. The molecule has 0 aliphatic rings. The van der Waals surface area contributed by atoms with Crippen LogP contribution in [0.15, 0.2) is 21.2 Å². The monoisotopic (exact) mass is 410 g/mol.